The summed E-state index contributed by atoms with van der Waals surface area (Å²) in [6.45, 7) is 2.99. The average molecular weight is 292 g/mol. The zero-order chi connectivity index (χ0) is 15.2. The Bertz CT molecular complexity index is 590. The second-order valence-corrected chi connectivity index (χ2v) is 4.77. The van der Waals surface area contributed by atoms with Gasteiger partial charge in [0.05, 0.1) is 0 Å². The fourth-order valence-corrected chi connectivity index (χ4v) is 1.93. The zero-order valence-electron chi connectivity index (χ0n) is 12.1. The van der Waals surface area contributed by atoms with Gasteiger partial charge in [0.15, 0.2) is 23.3 Å². The van der Waals surface area contributed by atoms with Crippen LogP contribution < -0.4 is 10.2 Å². The van der Waals surface area contributed by atoms with Gasteiger partial charge in [-0.05, 0) is 18.1 Å². The summed E-state index contributed by atoms with van der Waals surface area (Å²) in [5.41, 5.74) is 0.925. The second-order valence-electron chi connectivity index (χ2n) is 4.77. The molecule has 0 aliphatic carbocycles. The van der Waals surface area contributed by atoms with Gasteiger partial charge >= 0.3 is 0 Å². The molecule has 0 aromatic carbocycles. The molecule has 2 rings (SSSR count). The van der Waals surface area contributed by atoms with E-state index >= 15 is 0 Å². The molecule has 2 aromatic rings. The topological polar surface area (TPSA) is 41.1 Å². The predicted molar refractivity (Wildman–Crippen MR) is 79.3 cm³/mol. The molecule has 2 aromatic heterocycles. The van der Waals surface area contributed by atoms with Crippen molar-refractivity contribution in [3.63, 3.8) is 0 Å². The molecular weight excluding hydrogens is 274 g/mol. The fraction of sp³-hybridized carbons (Fsp3) is 0.333. The summed E-state index contributed by atoms with van der Waals surface area (Å²) in [7, 11) is 1.71. The molecule has 0 saturated carbocycles. The minimum Gasteiger partial charge on any atom is -0.368 e. The first-order chi connectivity index (χ1) is 10.1. The van der Waals surface area contributed by atoms with E-state index in [0.29, 0.717) is 13.1 Å². The summed E-state index contributed by atoms with van der Waals surface area (Å²) in [4.78, 5) is 9.69. The summed E-state index contributed by atoms with van der Waals surface area (Å²) in [6.07, 6.45) is 4.21. The molecule has 0 bridgehead atoms. The van der Waals surface area contributed by atoms with Crippen molar-refractivity contribution in [2.24, 2.45) is 0 Å². The highest BCUT2D eigenvalue weighted by atomic mass is 19.1. The van der Waals surface area contributed by atoms with Gasteiger partial charge in [-0.3, -0.25) is 4.98 Å². The van der Waals surface area contributed by atoms with Crippen molar-refractivity contribution in [2.75, 3.05) is 23.8 Å². The molecule has 1 N–H and O–H groups in total. The molecule has 112 valence electrons. The van der Waals surface area contributed by atoms with Crippen LogP contribution in [-0.4, -0.2) is 23.6 Å². The van der Waals surface area contributed by atoms with Gasteiger partial charge in [0, 0.05) is 38.6 Å². The van der Waals surface area contributed by atoms with E-state index < -0.39 is 11.6 Å². The van der Waals surface area contributed by atoms with E-state index in [2.05, 4.69) is 15.3 Å². The second kappa shape index (κ2) is 6.97. The Hall–Kier alpha value is -2.24. The maximum Gasteiger partial charge on any atom is 0.168 e. The van der Waals surface area contributed by atoms with Gasteiger partial charge in [0.1, 0.15) is 0 Å². The molecule has 4 nitrogen and oxygen atoms in total. The maximum atomic E-state index is 13.9. The SMILES string of the molecule is CCCNc1nc(N(C)Cc2cccnc2)c(F)cc1F. The molecule has 21 heavy (non-hydrogen) atoms. The number of halogens is 2. The van der Waals surface area contributed by atoms with Crippen LogP contribution in [0.4, 0.5) is 20.4 Å². The summed E-state index contributed by atoms with van der Waals surface area (Å²) >= 11 is 0. The van der Waals surface area contributed by atoms with Crippen molar-refractivity contribution in [3.05, 3.63) is 47.8 Å². The van der Waals surface area contributed by atoms with E-state index in [-0.39, 0.29) is 11.6 Å². The van der Waals surface area contributed by atoms with E-state index in [0.717, 1.165) is 18.1 Å². The molecule has 0 aliphatic heterocycles. The van der Waals surface area contributed by atoms with Crippen molar-refractivity contribution >= 4 is 11.6 Å². The number of hydrogen-bond donors (Lipinski definition) is 1. The highest BCUT2D eigenvalue weighted by Crippen LogP contribution is 2.22. The summed E-state index contributed by atoms with van der Waals surface area (Å²) in [5, 5.41) is 2.86. The van der Waals surface area contributed by atoms with Crippen LogP contribution in [0.15, 0.2) is 30.6 Å². The Labute approximate surface area is 122 Å². The molecular formula is C15H18F2N4. The van der Waals surface area contributed by atoms with Crippen LogP contribution in [0.2, 0.25) is 0 Å². The lowest BCUT2D eigenvalue weighted by Crippen LogP contribution is -2.20. The monoisotopic (exact) mass is 292 g/mol. The summed E-state index contributed by atoms with van der Waals surface area (Å²) in [6, 6.07) is 4.56. The van der Waals surface area contributed by atoms with Crippen molar-refractivity contribution < 1.29 is 8.78 Å². The third-order valence-electron chi connectivity index (χ3n) is 2.96. The van der Waals surface area contributed by atoms with Crippen molar-refractivity contribution in [2.45, 2.75) is 19.9 Å². The first-order valence-electron chi connectivity index (χ1n) is 6.81. The molecule has 0 saturated heterocycles. The third-order valence-corrected chi connectivity index (χ3v) is 2.96. The Balaban J connectivity index is 2.21. The molecule has 2 heterocycles. The van der Waals surface area contributed by atoms with Crippen molar-refractivity contribution in [1.82, 2.24) is 9.97 Å². The molecule has 0 aliphatic rings. The Kier molecular flexibility index (Phi) is 5.03. The number of aromatic nitrogens is 2. The van der Waals surface area contributed by atoms with Gasteiger partial charge in [-0.1, -0.05) is 13.0 Å². The summed E-state index contributed by atoms with van der Waals surface area (Å²) < 4.78 is 27.6. The van der Waals surface area contributed by atoms with Crippen LogP contribution in [0.3, 0.4) is 0 Å². The largest absolute Gasteiger partial charge is 0.368 e. The first kappa shape index (κ1) is 15.2. The quantitative estimate of drug-likeness (QED) is 0.887. The molecule has 0 spiro atoms. The number of nitrogens with zero attached hydrogens (tertiary/aromatic N) is 3. The van der Waals surface area contributed by atoms with E-state index in [4.69, 9.17) is 0 Å². The predicted octanol–water partition coefficient (Wildman–Crippen LogP) is 3.21. The third kappa shape index (κ3) is 3.87. The van der Waals surface area contributed by atoms with Gasteiger partial charge in [0.25, 0.3) is 0 Å². The van der Waals surface area contributed by atoms with Crippen LogP contribution in [0.1, 0.15) is 18.9 Å². The summed E-state index contributed by atoms with van der Waals surface area (Å²) in [5.74, 6) is -1.18. The Morgan fingerprint density at radius 2 is 2.10 bits per heavy atom. The van der Waals surface area contributed by atoms with Gasteiger partial charge in [-0.2, -0.15) is 0 Å². The zero-order valence-corrected chi connectivity index (χ0v) is 12.1. The molecule has 0 radical (unpaired) electrons. The van der Waals surface area contributed by atoms with Crippen LogP contribution in [0.25, 0.3) is 0 Å². The lowest BCUT2D eigenvalue weighted by molar-refractivity contribution is 0.572. The normalized spacial score (nSPS) is 10.5. The lowest BCUT2D eigenvalue weighted by atomic mass is 10.2. The molecule has 0 unspecified atom stereocenters. The average Bonchev–Trinajstić information content (AvgIpc) is 2.47. The molecule has 6 heteroatoms. The number of rotatable bonds is 6. The number of nitrogens with one attached hydrogen (secondary N) is 1. The first-order valence-corrected chi connectivity index (χ1v) is 6.81. The Morgan fingerprint density at radius 3 is 2.76 bits per heavy atom. The maximum absolute atomic E-state index is 13.9. The molecule has 0 fully saturated rings. The standard InChI is InChI=1S/C15H18F2N4/c1-3-6-19-14-12(16)8-13(17)15(20-14)21(2)10-11-5-4-7-18-9-11/h4-5,7-9H,3,6,10H2,1-2H3,(H,19,20). The number of pyridine rings is 2. The van der Waals surface area contributed by atoms with Gasteiger partial charge in [-0.15, -0.1) is 0 Å². The van der Waals surface area contributed by atoms with Crippen LogP contribution in [0, 0.1) is 11.6 Å². The highest BCUT2D eigenvalue weighted by molar-refractivity contribution is 5.49. The van der Waals surface area contributed by atoms with E-state index in [1.807, 2.05) is 19.1 Å². The van der Waals surface area contributed by atoms with Crippen LogP contribution in [0.5, 0.6) is 0 Å². The van der Waals surface area contributed by atoms with E-state index in [1.54, 1.807) is 24.3 Å². The molecule has 0 amide bonds. The highest BCUT2D eigenvalue weighted by Gasteiger charge is 2.15. The van der Waals surface area contributed by atoms with Gasteiger partial charge < -0.3 is 10.2 Å². The minimum absolute atomic E-state index is 0.0753. The van der Waals surface area contributed by atoms with Crippen LogP contribution >= 0.6 is 0 Å². The van der Waals surface area contributed by atoms with Crippen molar-refractivity contribution in [1.29, 1.82) is 0 Å². The van der Waals surface area contributed by atoms with E-state index in [1.165, 1.54) is 0 Å². The molecule has 0 atom stereocenters. The number of anilines is 2. The van der Waals surface area contributed by atoms with Crippen molar-refractivity contribution in [3.8, 4) is 0 Å². The van der Waals surface area contributed by atoms with Crippen LogP contribution in [-0.2, 0) is 6.54 Å². The van der Waals surface area contributed by atoms with Gasteiger partial charge in [0.2, 0.25) is 0 Å². The smallest absolute Gasteiger partial charge is 0.168 e. The van der Waals surface area contributed by atoms with Gasteiger partial charge in [-0.25, -0.2) is 13.8 Å². The number of hydrogen-bond acceptors (Lipinski definition) is 4. The fourth-order valence-electron chi connectivity index (χ4n) is 1.93. The van der Waals surface area contributed by atoms with E-state index in [9.17, 15) is 8.78 Å². The lowest BCUT2D eigenvalue weighted by Gasteiger charge is -2.20. The minimum atomic E-state index is -0.681. The Morgan fingerprint density at radius 1 is 1.29 bits per heavy atom.